The van der Waals surface area contributed by atoms with E-state index in [4.69, 9.17) is 9.47 Å². The lowest BCUT2D eigenvalue weighted by atomic mass is 10.1. The Bertz CT molecular complexity index is 1050. The summed E-state index contributed by atoms with van der Waals surface area (Å²) in [5.74, 6) is 1.24. The van der Waals surface area contributed by atoms with Gasteiger partial charge in [-0.05, 0) is 42.3 Å². The summed E-state index contributed by atoms with van der Waals surface area (Å²) in [4.78, 5) is 17.1. The van der Waals surface area contributed by atoms with Crippen LogP contribution in [0.5, 0.6) is 11.5 Å². The summed E-state index contributed by atoms with van der Waals surface area (Å²) in [6, 6.07) is 17.5. The molecule has 1 aliphatic rings. The van der Waals surface area contributed by atoms with E-state index in [2.05, 4.69) is 21.6 Å². The highest BCUT2D eigenvalue weighted by Gasteiger charge is 2.45. The maximum Gasteiger partial charge on any atom is 0.243 e. The van der Waals surface area contributed by atoms with E-state index in [0.717, 1.165) is 28.6 Å². The van der Waals surface area contributed by atoms with Gasteiger partial charge < -0.3 is 9.47 Å². The van der Waals surface area contributed by atoms with Gasteiger partial charge in [-0.2, -0.15) is 5.10 Å². The fourth-order valence-corrected chi connectivity index (χ4v) is 3.29. The number of amides is 1. The molecule has 1 aliphatic carbocycles. The number of aromatic nitrogens is 1. The van der Waals surface area contributed by atoms with E-state index in [0.29, 0.717) is 11.5 Å². The van der Waals surface area contributed by atoms with Crippen molar-refractivity contribution in [2.45, 2.75) is 12.3 Å². The van der Waals surface area contributed by atoms with Crippen LogP contribution in [0.2, 0.25) is 0 Å². The minimum Gasteiger partial charge on any atom is -0.493 e. The second kappa shape index (κ2) is 7.68. The molecule has 1 aromatic heterocycles. The van der Waals surface area contributed by atoms with E-state index in [9.17, 15) is 4.79 Å². The van der Waals surface area contributed by atoms with Gasteiger partial charge in [0, 0.05) is 22.9 Å². The Morgan fingerprint density at radius 1 is 1.11 bits per heavy atom. The van der Waals surface area contributed by atoms with Gasteiger partial charge in [-0.1, -0.05) is 24.3 Å². The normalized spacial score (nSPS) is 18.2. The van der Waals surface area contributed by atoms with E-state index in [1.54, 1.807) is 32.6 Å². The first-order valence-electron chi connectivity index (χ1n) is 9.10. The summed E-state index contributed by atoms with van der Waals surface area (Å²) < 4.78 is 10.5. The molecule has 0 spiro atoms. The molecular formula is C22H21N3O3. The number of hydrogen-bond acceptors (Lipinski definition) is 5. The van der Waals surface area contributed by atoms with Crippen LogP contribution in [0, 0.1) is 5.92 Å². The number of para-hydroxylation sites is 1. The molecule has 2 aromatic carbocycles. The predicted octanol–water partition coefficient (Wildman–Crippen LogP) is 3.51. The quantitative estimate of drug-likeness (QED) is 0.529. The molecule has 0 radical (unpaired) electrons. The van der Waals surface area contributed by atoms with Gasteiger partial charge >= 0.3 is 0 Å². The molecule has 142 valence electrons. The monoisotopic (exact) mass is 375 g/mol. The summed E-state index contributed by atoms with van der Waals surface area (Å²) in [6.45, 7) is 0. The maximum absolute atomic E-state index is 12.4. The molecule has 2 unspecified atom stereocenters. The van der Waals surface area contributed by atoms with Crippen LogP contribution in [0.15, 0.2) is 59.7 Å². The Hall–Kier alpha value is -3.41. The summed E-state index contributed by atoms with van der Waals surface area (Å²) in [5, 5.41) is 5.17. The number of nitrogens with one attached hydrogen (secondary N) is 1. The third-order valence-electron chi connectivity index (χ3n) is 4.92. The molecule has 1 N–H and O–H groups in total. The van der Waals surface area contributed by atoms with Gasteiger partial charge in [-0.15, -0.1) is 0 Å². The van der Waals surface area contributed by atoms with Crippen molar-refractivity contribution in [2.24, 2.45) is 11.0 Å². The SMILES string of the molecule is COc1ccc(/C=N/NC(=O)C2CC2c2ccc3ccccc3n2)cc1OC. The molecule has 6 nitrogen and oxygen atoms in total. The van der Waals surface area contributed by atoms with Crippen LogP contribution in [0.3, 0.4) is 0 Å². The van der Waals surface area contributed by atoms with Gasteiger partial charge in [0.2, 0.25) is 5.91 Å². The first-order valence-corrected chi connectivity index (χ1v) is 9.10. The third kappa shape index (κ3) is 3.67. The molecule has 0 aliphatic heterocycles. The highest BCUT2D eigenvalue weighted by atomic mass is 16.5. The van der Waals surface area contributed by atoms with Gasteiger partial charge in [0.15, 0.2) is 11.5 Å². The fourth-order valence-electron chi connectivity index (χ4n) is 3.29. The van der Waals surface area contributed by atoms with E-state index in [1.807, 2.05) is 36.4 Å². The molecule has 0 bridgehead atoms. The van der Waals surface area contributed by atoms with E-state index < -0.39 is 0 Å². The minimum atomic E-state index is -0.0868. The van der Waals surface area contributed by atoms with E-state index in [-0.39, 0.29) is 17.7 Å². The van der Waals surface area contributed by atoms with Crippen LogP contribution in [0.1, 0.15) is 23.6 Å². The number of pyridine rings is 1. The number of ether oxygens (including phenoxy) is 2. The molecule has 3 aromatic rings. The molecule has 1 heterocycles. The van der Waals surface area contributed by atoms with Crippen LogP contribution >= 0.6 is 0 Å². The van der Waals surface area contributed by atoms with E-state index in [1.165, 1.54) is 0 Å². The second-order valence-corrected chi connectivity index (χ2v) is 6.73. The van der Waals surface area contributed by atoms with Crippen molar-refractivity contribution >= 4 is 23.0 Å². The van der Waals surface area contributed by atoms with Gasteiger partial charge in [0.05, 0.1) is 26.0 Å². The molecule has 2 atom stereocenters. The number of fused-ring (bicyclic) bond motifs is 1. The Kier molecular flexibility index (Phi) is 4.93. The molecule has 6 heteroatoms. The van der Waals surface area contributed by atoms with Crippen molar-refractivity contribution in [1.29, 1.82) is 0 Å². The first-order chi connectivity index (χ1) is 13.7. The van der Waals surface area contributed by atoms with Crippen molar-refractivity contribution in [1.82, 2.24) is 10.4 Å². The Balaban J connectivity index is 1.37. The number of carbonyl (C=O) groups is 1. The lowest BCUT2D eigenvalue weighted by Gasteiger charge is -2.07. The molecule has 1 saturated carbocycles. The zero-order valence-electron chi connectivity index (χ0n) is 15.8. The summed E-state index contributed by atoms with van der Waals surface area (Å²) in [5.41, 5.74) is 5.35. The average molecular weight is 375 g/mol. The first kappa shape index (κ1) is 18.0. The van der Waals surface area contributed by atoms with E-state index >= 15 is 0 Å². The number of nitrogens with zero attached hydrogens (tertiary/aromatic N) is 2. The van der Waals surface area contributed by atoms with Crippen molar-refractivity contribution < 1.29 is 14.3 Å². The smallest absolute Gasteiger partial charge is 0.243 e. The largest absolute Gasteiger partial charge is 0.493 e. The summed E-state index contributed by atoms with van der Waals surface area (Å²) in [7, 11) is 3.16. The minimum absolute atomic E-state index is 0.0864. The highest BCUT2D eigenvalue weighted by molar-refractivity contribution is 5.86. The predicted molar refractivity (Wildman–Crippen MR) is 108 cm³/mol. The Labute approximate surface area is 163 Å². The zero-order chi connectivity index (χ0) is 19.5. The second-order valence-electron chi connectivity index (χ2n) is 6.73. The zero-order valence-corrected chi connectivity index (χ0v) is 15.8. The topological polar surface area (TPSA) is 72.8 Å². The number of methoxy groups -OCH3 is 2. The average Bonchev–Trinajstić information content (AvgIpc) is 3.54. The van der Waals surface area contributed by atoms with Gasteiger partial charge in [-0.25, -0.2) is 5.43 Å². The molecule has 4 rings (SSSR count). The van der Waals surface area contributed by atoms with Crippen LogP contribution in [-0.4, -0.2) is 31.3 Å². The Morgan fingerprint density at radius 3 is 2.75 bits per heavy atom. The summed E-state index contributed by atoms with van der Waals surface area (Å²) in [6.07, 6.45) is 2.38. The number of carbonyl (C=O) groups excluding carboxylic acids is 1. The van der Waals surface area contributed by atoms with Gasteiger partial charge in [-0.3, -0.25) is 9.78 Å². The molecule has 0 saturated heterocycles. The fraction of sp³-hybridized carbons (Fsp3) is 0.227. The van der Waals surface area contributed by atoms with Gasteiger partial charge in [0.1, 0.15) is 0 Å². The van der Waals surface area contributed by atoms with Crippen LogP contribution in [-0.2, 0) is 4.79 Å². The van der Waals surface area contributed by atoms with Crippen LogP contribution in [0.4, 0.5) is 0 Å². The third-order valence-corrected chi connectivity index (χ3v) is 4.92. The summed E-state index contributed by atoms with van der Waals surface area (Å²) >= 11 is 0. The lowest BCUT2D eigenvalue weighted by molar-refractivity contribution is -0.122. The Morgan fingerprint density at radius 2 is 1.93 bits per heavy atom. The van der Waals surface area contributed by atoms with Crippen LogP contribution in [0.25, 0.3) is 10.9 Å². The number of benzene rings is 2. The van der Waals surface area contributed by atoms with Crippen molar-refractivity contribution in [3.63, 3.8) is 0 Å². The maximum atomic E-state index is 12.4. The highest BCUT2D eigenvalue weighted by Crippen LogP contribution is 2.47. The van der Waals surface area contributed by atoms with Crippen molar-refractivity contribution in [3.8, 4) is 11.5 Å². The number of rotatable bonds is 6. The van der Waals surface area contributed by atoms with Crippen LogP contribution < -0.4 is 14.9 Å². The van der Waals surface area contributed by atoms with Gasteiger partial charge in [0.25, 0.3) is 0 Å². The molecule has 1 fully saturated rings. The van der Waals surface area contributed by atoms with Crippen molar-refractivity contribution in [3.05, 3.63) is 65.9 Å². The number of hydrazone groups is 1. The van der Waals surface area contributed by atoms with Crippen molar-refractivity contribution in [2.75, 3.05) is 14.2 Å². The molecule has 1 amide bonds. The molecular weight excluding hydrogens is 354 g/mol. The standard InChI is InChI=1S/C22H21N3O3/c1-27-20-10-7-14(11-21(20)28-2)13-23-25-22(26)17-12-16(17)19-9-8-15-5-3-4-6-18(15)24-19/h3-11,13,16-17H,12H2,1-2H3,(H,25,26)/b23-13+. The lowest BCUT2D eigenvalue weighted by Crippen LogP contribution is -2.20. The molecule has 28 heavy (non-hydrogen) atoms. The number of hydrogen-bond donors (Lipinski definition) is 1.